The number of piperidine rings is 1. The van der Waals surface area contributed by atoms with Crippen molar-refractivity contribution in [2.75, 3.05) is 18.0 Å². The molecule has 6 nitrogen and oxygen atoms in total. The van der Waals surface area contributed by atoms with E-state index in [4.69, 9.17) is 12.2 Å². The number of fused-ring (bicyclic) bond motifs is 1. The van der Waals surface area contributed by atoms with Gasteiger partial charge in [-0.05, 0) is 49.8 Å². The third kappa shape index (κ3) is 3.38. The smallest absolute Gasteiger partial charge is 0.295 e. The Hall–Kier alpha value is -2.94. The summed E-state index contributed by atoms with van der Waals surface area (Å²) in [6.45, 7) is 5.73. The van der Waals surface area contributed by atoms with Crippen LogP contribution in [0.25, 0.3) is 10.9 Å². The average Bonchev–Trinajstić information content (AvgIpc) is 2.91. The van der Waals surface area contributed by atoms with Crippen LogP contribution in [-0.4, -0.2) is 35.9 Å². The predicted molar refractivity (Wildman–Crippen MR) is 103 cm³/mol. The largest absolute Gasteiger partial charge is 0.369 e. The van der Waals surface area contributed by atoms with Crippen LogP contribution in [-0.2, 0) is 16.0 Å². The van der Waals surface area contributed by atoms with E-state index in [0.29, 0.717) is 6.54 Å². The van der Waals surface area contributed by atoms with Gasteiger partial charge >= 0.3 is 0 Å². The van der Waals surface area contributed by atoms with Gasteiger partial charge in [-0.1, -0.05) is 6.07 Å². The fourth-order valence-corrected chi connectivity index (χ4v) is 3.77. The van der Waals surface area contributed by atoms with E-state index >= 15 is 0 Å². The third-order valence-corrected chi connectivity index (χ3v) is 5.11. The van der Waals surface area contributed by atoms with Gasteiger partial charge in [0.1, 0.15) is 0 Å². The Balaban J connectivity index is 1.98. The average molecular weight is 352 g/mol. The second-order valence-electron chi connectivity index (χ2n) is 6.91. The maximum Gasteiger partial charge on any atom is 0.295 e. The van der Waals surface area contributed by atoms with Crippen LogP contribution in [0, 0.1) is 26.2 Å². The number of hydrogen-bond acceptors (Lipinski definition) is 3. The molecule has 6 heteroatoms. The monoisotopic (exact) mass is 352 g/mol. The molecule has 136 valence electrons. The Bertz CT molecular complexity index is 907. The number of benzene rings is 1. The summed E-state index contributed by atoms with van der Waals surface area (Å²) >= 11 is 0. The zero-order chi connectivity index (χ0) is 18.8. The van der Waals surface area contributed by atoms with Crippen molar-refractivity contribution in [1.29, 1.82) is 0 Å². The number of amides is 2. The molecular formula is C20H24N4O2. The molecule has 1 fully saturated rings. The molecule has 2 heterocycles. The van der Waals surface area contributed by atoms with E-state index in [1.54, 1.807) is 0 Å². The van der Waals surface area contributed by atoms with Crippen LogP contribution < -0.4 is 16.0 Å². The first-order valence-electron chi connectivity index (χ1n) is 8.81. The second-order valence-corrected chi connectivity index (χ2v) is 6.91. The molecular weight excluding hydrogens is 328 g/mol. The summed E-state index contributed by atoms with van der Waals surface area (Å²) in [4.78, 5) is 28.6. The maximum atomic E-state index is 11.5. The normalized spacial score (nSPS) is 17.1. The van der Waals surface area contributed by atoms with Crippen LogP contribution >= 0.6 is 0 Å². The van der Waals surface area contributed by atoms with Gasteiger partial charge in [-0.2, -0.15) is 0 Å². The number of aryl methyl sites for hydroxylation is 2. The zero-order valence-electron chi connectivity index (χ0n) is 15.2. The molecule has 0 spiro atoms. The Labute approximate surface area is 153 Å². The Morgan fingerprint density at radius 2 is 2.19 bits per heavy atom. The molecule has 1 atom stereocenters. The molecule has 26 heavy (non-hydrogen) atoms. The summed E-state index contributed by atoms with van der Waals surface area (Å²) in [6, 6.07) is 4.04. The summed E-state index contributed by atoms with van der Waals surface area (Å²) < 4.78 is 0. The van der Waals surface area contributed by atoms with Crippen LogP contribution in [0.4, 0.5) is 5.69 Å². The zero-order valence-corrected chi connectivity index (χ0v) is 15.2. The van der Waals surface area contributed by atoms with Gasteiger partial charge in [0, 0.05) is 35.9 Å². The van der Waals surface area contributed by atoms with Gasteiger partial charge in [-0.3, -0.25) is 9.59 Å². The van der Waals surface area contributed by atoms with E-state index in [0.717, 1.165) is 52.8 Å². The van der Waals surface area contributed by atoms with Crippen LogP contribution in [0.15, 0.2) is 12.1 Å². The van der Waals surface area contributed by atoms with Gasteiger partial charge < -0.3 is 20.9 Å². The van der Waals surface area contributed by atoms with Crippen LogP contribution in [0.1, 0.15) is 29.7 Å². The Morgan fingerprint density at radius 1 is 1.42 bits per heavy atom. The quantitative estimate of drug-likeness (QED) is 0.729. The van der Waals surface area contributed by atoms with E-state index in [9.17, 15) is 9.59 Å². The Kier molecular flexibility index (Phi) is 4.90. The second kappa shape index (κ2) is 7.12. The molecule has 1 aliphatic heterocycles. The summed E-state index contributed by atoms with van der Waals surface area (Å²) in [6.07, 6.45) is 7.27. The first-order chi connectivity index (χ1) is 12.4. The molecule has 0 radical (unpaired) electrons. The fraction of sp³-hybridized carbons (Fsp3) is 0.400. The number of H-pyrrole nitrogens is 1. The number of anilines is 1. The highest BCUT2D eigenvalue weighted by Gasteiger charge is 2.24. The molecule has 0 bridgehead atoms. The summed E-state index contributed by atoms with van der Waals surface area (Å²) in [5.41, 5.74) is 10.6. The molecule has 3 rings (SSSR count). The SMILES string of the molecule is C#CC(=O)N[C@H]1CCCN(c2ccc(CC(N)=O)c3[nH]c(C)c(C)c23)C1. The number of carbonyl (C=O) groups is 2. The number of hydrogen-bond donors (Lipinski definition) is 3. The van der Waals surface area contributed by atoms with Crippen molar-refractivity contribution in [1.82, 2.24) is 10.3 Å². The highest BCUT2D eigenvalue weighted by molar-refractivity contribution is 5.99. The third-order valence-electron chi connectivity index (χ3n) is 5.11. The van der Waals surface area contributed by atoms with E-state index in [2.05, 4.69) is 28.0 Å². The molecule has 1 aromatic carbocycles. The number of nitrogens with one attached hydrogen (secondary N) is 2. The topological polar surface area (TPSA) is 91.2 Å². The van der Waals surface area contributed by atoms with Gasteiger partial charge in [0.2, 0.25) is 5.91 Å². The minimum absolute atomic E-state index is 0.0352. The van der Waals surface area contributed by atoms with Crippen LogP contribution in [0.2, 0.25) is 0 Å². The lowest BCUT2D eigenvalue weighted by molar-refractivity contribution is -0.117. The minimum atomic E-state index is -0.368. The van der Waals surface area contributed by atoms with Gasteiger partial charge in [0.25, 0.3) is 5.91 Å². The first-order valence-corrected chi connectivity index (χ1v) is 8.81. The van der Waals surface area contributed by atoms with Gasteiger partial charge in [-0.15, -0.1) is 6.42 Å². The van der Waals surface area contributed by atoms with Gasteiger partial charge in [0.05, 0.1) is 11.9 Å². The number of aromatic amines is 1. The van der Waals surface area contributed by atoms with E-state index in [1.807, 2.05) is 19.1 Å². The van der Waals surface area contributed by atoms with Crippen molar-refractivity contribution in [3.63, 3.8) is 0 Å². The van der Waals surface area contributed by atoms with E-state index in [-0.39, 0.29) is 24.3 Å². The summed E-state index contributed by atoms with van der Waals surface area (Å²) in [5.74, 6) is 1.40. The molecule has 2 aromatic rings. The summed E-state index contributed by atoms with van der Waals surface area (Å²) in [5, 5.41) is 4.00. The van der Waals surface area contributed by atoms with Crippen molar-refractivity contribution in [3.05, 3.63) is 29.0 Å². The number of terminal acetylenes is 1. The molecule has 0 saturated carbocycles. The van der Waals surface area contributed by atoms with E-state index in [1.165, 1.54) is 0 Å². The van der Waals surface area contributed by atoms with Crippen LogP contribution in [0.3, 0.4) is 0 Å². The first kappa shape index (κ1) is 17.9. The van der Waals surface area contributed by atoms with Crippen molar-refractivity contribution < 1.29 is 9.59 Å². The minimum Gasteiger partial charge on any atom is -0.369 e. The van der Waals surface area contributed by atoms with Gasteiger partial charge in [0.15, 0.2) is 0 Å². The standard InChI is InChI=1S/C20H24N4O2/c1-4-18(26)23-15-6-5-9-24(11-15)16-8-7-14(10-17(21)25)20-19(16)12(2)13(3)22-20/h1,7-8,15,22H,5-6,9-11H2,2-3H3,(H2,21,25)(H,23,26)/t15-/m0/s1. The number of primary amides is 1. The molecule has 0 aliphatic carbocycles. The number of rotatable bonds is 4. The maximum absolute atomic E-state index is 11.5. The highest BCUT2D eigenvalue weighted by Crippen LogP contribution is 2.35. The lowest BCUT2D eigenvalue weighted by Crippen LogP contribution is -2.47. The predicted octanol–water partition coefficient (Wildman–Crippen LogP) is 1.53. The van der Waals surface area contributed by atoms with Crippen molar-refractivity contribution in [2.45, 2.75) is 39.2 Å². The van der Waals surface area contributed by atoms with Crippen molar-refractivity contribution >= 4 is 28.4 Å². The Morgan fingerprint density at radius 3 is 2.88 bits per heavy atom. The molecule has 0 unspecified atom stereocenters. The summed E-state index contributed by atoms with van der Waals surface area (Å²) in [7, 11) is 0. The molecule has 1 aromatic heterocycles. The molecule has 4 N–H and O–H groups in total. The highest BCUT2D eigenvalue weighted by atomic mass is 16.1. The fourth-order valence-electron chi connectivity index (χ4n) is 3.77. The molecule has 2 amide bonds. The number of carbonyl (C=O) groups excluding carboxylic acids is 2. The van der Waals surface area contributed by atoms with Crippen molar-refractivity contribution in [3.8, 4) is 12.3 Å². The molecule has 1 aliphatic rings. The van der Waals surface area contributed by atoms with Gasteiger partial charge in [-0.25, -0.2) is 0 Å². The number of nitrogens with two attached hydrogens (primary N) is 1. The number of nitrogens with zero attached hydrogens (tertiary/aromatic N) is 1. The number of aromatic nitrogens is 1. The van der Waals surface area contributed by atoms with Crippen molar-refractivity contribution in [2.24, 2.45) is 5.73 Å². The lowest BCUT2D eigenvalue weighted by atomic mass is 10.00. The van der Waals surface area contributed by atoms with Crippen LogP contribution in [0.5, 0.6) is 0 Å². The lowest BCUT2D eigenvalue weighted by Gasteiger charge is -2.35. The molecule has 1 saturated heterocycles. The van der Waals surface area contributed by atoms with E-state index < -0.39 is 0 Å².